The molecular formula is C104H125BN14O13Si3. The number of nitrogens with zero attached hydrogens (tertiary/aromatic N) is 13. The van der Waals surface area contributed by atoms with E-state index in [-0.39, 0.29) is 18.2 Å². The predicted molar refractivity (Wildman–Crippen MR) is 545 cm³/mol. The van der Waals surface area contributed by atoms with E-state index >= 15 is 0 Å². The summed E-state index contributed by atoms with van der Waals surface area (Å²) in [6.45, 7) is 32.4. The van der Waals surface area contributed by atoms with E-state index in [0.29, 0.717) is 58.5 Å². The van der Waals surface area contributed by atoms with Crippen LogP contribution in [0.1, 0.15) is 44.4 Å². The molecule has 0 bridgehead atoms. The summed E-state index contributed by atoms with van der Waals surface area (Å²) in [5.74, 6) is 2.30. The van der Waals surface area contributed by atoms with Crippen LogP contribution in [0.2, 0.25) is 77.1 Å². The minimum atomic E-state index is -1.19. The van der Waals surface area contributed by atoms with E-state index in [0.717, 1.165) is 180 Å². The van der Waals surface area contributed by atoms with Gasteiger partial charge in [0.25, 0.3) is 0 Å². The molecule has 2 N–H and O–H groups in total. The number of hydrogen-bond acceptors (Lipinski definition) is 20. The van der Waals surface area contributed by atoms with Gasteiger partial charge in [-0.05, 0) is 152 Å². The number of carbonyl (C=O) groups is 3. The number of fused-ring (bicyclic) bond motifs is 4. The number of aromatic nitrogens is 12. The molecule has 0 unspecified atom stereocenters. The number of methoxy groups -OCH3 is 4. The van der Waals surface area contributed by atoms with Gasteiger partial charge < -0.3 is 57.4 Å². The molecule has 0 aliphatic carbocycles. The maximum Gasteiger partial charge on any atom is 0.496 e. The number of amides is 2. The molecule has 8 aromatic heterocycles. The smallest absolute Gasteiger partial charge is 0.496 e. The quantitative estimate of drug-likeness (QED) is 0.0285. The molecule has 27 nitrogen and oxygen atoms in total. The lowest BCUT2D eigenvalue weighted by molar-refractivity contribution is -0.136. The summed E-state index contributed by atoms with van der Waals surface area (Å²) in [6, 6.07) is 66.5. The molecule has 2 amide bonds. The van der Waals surface area contributed by atoms with Gasteiger partial charge in [-0.1, -0.05) is 180 Å². The first kappa shape index (κ1) is 99.6. The summed E-state index contributed by atoms with van der Waals surface area (Å²) in [6.07, 6.45) is 7.99. The summed E-state index contributed by atoms with van der Waals surface area (Å²) in [4.78, 5) is 57.5. The van der Waals surface area contributed by atoms with Gasteiger partial charge in [0.1, 0.15) is 60.3 Å². The lowest BCUT2D eigenvalue weighted by Gasteiger charge is -2.32. The standard InChI is InChI=1S/C29H36N4O3Si.C27H31N3O4Si.C25H36BN3O4Si.C23H22N4O2/c1-32(2)27(34)17-21-10-9-11-22(16-21)23-18-25-28(24-12-7-8-13-26(24)35-3)31-33(29(25)30-19-23)20-36-14-15-37(4,5)6;1-33-24-11-6-5-10-22(24)26-23-16-21(20-9-7-8-19(14-20)15-25(31)32)17-28-27(23)30(29-26)18-34-12-13-35(2,3)4;1-24(2)25(3,4)33-26(32-24)18-15-20-22(19-11-9-10-12-21(19)30-5)28-29(23(20)27-16-18)17-31-13-14-34(6,7)8;1-27(2)21(28)12-15-7-6-8-16(11-15)17-13-19-22(25-26-23(19)24-14-17)18-9-4-5-10-20(18)29-3/h7-13,16,18-19H,14-15,17,20H2,1-6H3;5-11,14,16-17H,12-13,15,18H2,1-4H3,(H,31,32);9-12,15-16H,13-14,17H2,1-8H3;4-11,13-14H,12H2,1-3H3,(H,24,25,26). The molecular weight excluding hydrogens is 1750 g/mol. The van der Waals surface area contributed by atoms with Crippen LogP contribution in [0, 0.1) is 0 Å². The molecule has 0 radical (unpaired) electrons. The second kappa shape index (κ2) is 43.7. The fourth-order valence-corrected chi connectivity index (χ4v) is 17.4. The third-order valence-corrected chi connectivity index (χ3v) is 28.8. The minimum Gasteiger partial charge on any atom is -0.496 e. The highest BCUT2D eigenvalue weighted by atomic mass is 28.3. The zero-order chi connectivity index (χ0) is 96.7. The number of H-pyrrole nitrogens is 1. The third-order valence-electron chi connectivity index (χ3n) is 23.7. The fraction of sp³-hybridized carbons (Fsp3) is 0.337. The molecule has 1 aliphatic rings. The number of aliphatic carboxylic acids is 1. The fourth-order valence-electron chi connectivity index (χ4n) is 15.1. The lowest BCUT2D eigenvalue weighted by atomic mass is 9.80. The maximum absolute atomic E-state index is 12.2. The normalized spacial score (nSPS) is 12.9. The van der Waals surface area contributed by atoms with Crippen molar-refractivity contribution in [2.45, 2.75) is 155 Å². The number of carboxylic acid groups (broad SMARTS) is 1. The topological polar surface area (TPSA) is 295 Å². The van der Waals surface area contributed by atoms with Gasteiger partial charge >= 0.3 is 13.1 Å². The predicted octanol–water partition coefficient (Wildman–Crippen LogP) is 20.1. The maximum atomic E-state index is 12.2. The Bertz CT molecular complexity index is 6660. The van der Waals surface area contributed by atoms with Gasteiger partial charge in [-0.2, -0.15) is 20.4 Å². The first-order chi connectivity index (χ1) is 64.4. The summed E-state index contributed by atoms with van der Waals surface area (Å²) in [5, 5.41) is 34.9. The van der Waals surface area contributed by atoms with Crippen LogP contribution in [0.3, 0.4) is 0 Å². The van der Waals surface area contributed by atoms with Gasteiger partial charge in [-0.25, -0.2) is 34.0 Å². The van der Waals surface area contributed by atoms with Crippen LogP contribution in [0.4, 0.5) is 0 Å². The number of ether oxygens (including phenoxy) is 7. The van der Waals surface area contributed by atoms with Crippen molar-refractivity contribution in [2.75, 3.05) is 76.5 Å². The zero-order valence-electron chi connectivity index (χ0n) is 81.5. The number of rotatable bonds is 33. The second-order valence-electron chi connectivity index (χ2n) is 38.6. The van der Waals surface area contributed by atoms with Crippen molar-refractivity contribution in [3.05, 3.63) is 236 Å². The van der Waals surface area contributed by atoms with E-state index in [1.807, 2.05) is 192 Å². The van der Waals surface area contributed by atoms with Crippen LogP contribution in [-0.2, 0) is 77.4 Å². The van der Waals surface area contributed by atoms with Crippen molar-refractivity contribution in [3.63, 3.8) is 0 Å². The van der Waals surface area contributed by atoms with E-state index in [9.17, 15) is 19.5 Å². The minimum absolute atomic E-state index is 0.0251. The Morgan fingerprint density at radius 3 is 1.08 bits per heavy atom. The first-order valence-electron chi connectivity index (χ1n) is 45.4. The van der Waals surface area contributed by atoms with Gasteiger partial charge in [-0.3, -0.25) is 19.5 Å². The monoisotopic (exact) mass is 1870 g/mol. The third kappa shape index (κ3) is 25.2. The van der Waals surface area contributed by atoms with Gasteiger partial charge in [0.15, 0.2) is 22.6 Å². The first-order valence-corrected chi connectivity index (χ1v) is 56.5. The number of pyridine rings is 4. The Labute approximate surface area is 794 Å². The van der Waals surface area contributed by atoms with E-state index in [2.05, 4.69) is 132 Å². The number of hydrogen-bond donors (Lipinski definition) is 2. The SMILES string of the molecule is COc1ccccc1-c1[nH]nc2ncc(-c3cccc(CC(=O)N(C)C)c3)cc12.COc1ccccc1-c1nn(COCC[Si](C)(C)C)c2ncc(-c3cccc(CC(=O)N(C)C)c3)cc12.COc1ccccc1-c1nn(COCC[Si](C)(C)C)c2ncc(-c3cccc(CC(=O)O)c3)cc12.COc1ccccc1-c1nn(COCC[Si](C)(C)C)c2ncc(B3OC(C)(C)C(C)(C)O3)cc12. The Hall–Kier alpha value is -12.9. The van der Waals surface area contributed by atoms with Crippen molar-refractivity contribution < 1.29 is 62.0 Å². The van der Waals surface area contributed by atoms with Crippen molar-refractivity contribution in [2.24, 2.45) is 0 Å². The average molecular weight is 1870 g/mol. The molecule has 0 saturated carbocycles. The molecule has 135 heavy (non-hydrogen) atoms. The largest absolute Gasteiger partial charge is 0.496 e. The van der Waals surface area contributed by atoms with Gasteiger partial charge in [0.2, 0.25) is 11.8 Å². The molecule has 704 valence electrons. The van der Waals surface area contributed by atoms with E-state index in [4.69, 9.17) is 72.7 Å². The highest BCUT2D eigenvalue weighted by molar-refractivity contribution is 6.76. The summed E-state index contributed by atoms with van der Waals surface area (Å²) >= 11 is 0. The van der Waals surface area contributed by atoms with Crippen LogP contribution >= 0.6 is 0 Å². The Morgan fingerprint density at radius 2 is 0.726 bits per heavy atom. The van der Waals surface area contributed by atoms with Crippen LogP contribution < -0.4 is 24.4 Å². The van der Waals surface area contributed by atoms with E-state index in [1.54, 1.807) is 77.3 Å². The van der Waals surface area contributed by atoms with Crippen LogP contribution in [0.15, 0.2) is 219 Å². The summed E-state index contributed by atoms with van der Waals surface area (Å²) in [5.41, 5.74) is 18.2. The van der Waals surface area contributed by atoms with Gasteiger partial charge in [-0.15, -0.1) is 0 Å². The number of nitrogens with one attached hydrogen (secondary N) is 1. The zero-order valence-corrected chi connectivity index (χ0v) is 84.5. The molecule has 16 rings (SSSR count). The van der Waals surface area contributed by atoms with Crippen LogP contribution in [0.5, 0.6) is 23.0 Å². The number of carbonyl (C=O) groups excluding carboxylic acids is 2. The van der Waals surface area contributed by atoms with Crippen LogP contribution in [0.25, 0.3) is 123 Å². The van der Waals surface area contributed by atoms with Crippen molar-refractivity contribution in [1.82, 2.24) is 69.3 Å². The van der Waals surface area contributed by atoms with Crippen LogP contribution in [-0.4, -0.2) is 211 Å². The average Bonchev–Trinajstić information content (AvgIpc) is 1.61. The highest BCUT2D eigenvalue weighted by Gasteiger charge is 2.52. The molecule has 0 atom stereocenters. The number of para-hydroxylation sites is 4. The van der Waals surface area contributed by atoms with E-state index in [1.165, 1.54) is 0 Å². The number of benzene rings is 7. The second-order valence-corrected chi connectivity index (χ2v) is 55.5. The molecule has 1 fully saturated rings. The molecule has 15 aromatic rings. The molecule has 7 aromatic carbocycles. The van der Waals surface area contributed by atoms with Crippen molar-refractivity contribution in [3.8, 4) is 101 Å². The van der Waals surface area contributed by atoms with Gasteiger partial charge in [0.05, 0.1) is 64.6 Å². The Kier molecular flexibility index (Phi) is 32.2. The lowest BCUT2D eigenvalue weighted by Crippen LogP contribution is -2.41. The molecule has 9 heterocycles. The summed E-state index contributed by atoms with van der Waals surface area (Å²) < 4.78 is 58.4. The number of likely N-dealkylation sites (N-methyl/N-ethyl adjacent to an activating group) is 2. The molecule has 0 spiro atoms. The van der Waals surface area contributed by atoms with Crippen molar-refractivity contribution in [1.29, 1.82) is 0 Å². The number of aromatic amines is 1. The molecule has 1 saturated heterocycles. The highest BCUT2D eigenvalue weighted by Crippen LogP contribution is 2.42. The summed E-state index contributed by atoms with van der Waals surface area (Å²) in [7, 11) is 9.68. The van der Waals surface area contributed by atoms with E-state index < -0.39 is 48.5 Å². The number of carboxylic acids is 1. The molecule has 31 heteroatoms. The Morgan fingerprint density at radius 1 is 0.400 bits per heavy atom. The molecule has 1 aliphatic heterocycles. The Balaban J connectivity index is 0.000000153. The van der Waals surface area contributed by atoms with Crippen molar-refractivity contribution >= 4 is 98.7 Å². The van der Waals surface area contributed by atoms with Gasteiger partial charge in [0, 0.05) is 163 Å².